The van der Waals surface area contributed by atoms with E-state index in [1.165, 1.54) is 103 Å². The van der Waals surface area contributed by atoms with E-state index in [9.17, 15) is 20.1 Å². The van der Waals surface area contributed by atoms with Crippen LogP contribution in [0.25, 0.3) is 0 Å². The number of hydrogen-bond acceptors (Lipinski definition) is 4. The van der Waals surface area contributed by atoms with E-state index in [1.807, 2.05) is 12.2 Å². The minimum absolute atomic E-state index is 0.0445. The zero-order valence-electron chi connectivity index (χ0n) is 26.9. The molecule has 0 heterocycles. The maximum atomic E-state index is 12.2. The number of aliphatic hydroxyl groups excluding tert-OH is 3. The molecule has 5 heteroatoms. The van der Waals surface area contributed by atoms with Gasteiger partial charge in [0.25, 0.3) is 0 Å². The summed E-state index contributed by atoms with van der Waals surface area (Å²) in [5.41, 5.74) is 0. The standard InChI is InChI=1S/C36H67NO4/c1-3-5-7-9-11-12-13-14-15-16-17-18-19-20-21-22-24-26-28-30-35(40)34(32-38)37-36(41)31-33(39)29-27-25-23-10-8-6-4-2/h21-22,25,27-28,30,33-35,38-40H,3-20,23-24,26,29,31-32H2,1-2H3,(H,37,41)/b22-21+,27-25-,30-28+. The Morgan fingerprint density at radius 2 is 1.05 bits per heavy atom. The highest BCUT2D eigenvalue weighted by molar-refractivity contribution is 5.76. The minimum atomic E-state index is -0.959. The molecule has 0 spiro atoms. The second-order valence-corrected chi connectivity index (χ2v) is 11.8. The lowest BCUT2D eigenvalue weighted by molar-refractivity contribution is -0.124. The summed E-state index contributed by atoms with van der Waals surface area (Å²) in [5, 5.41) is 32.7. The van der Waals surface area contributed by atoms with Crippen LogP contribution in [0.3, 0.4) is 0 Å². The number of amides is 1. The van der Waals surface area contributed by atoms with E-state index in [-0.39, 0.29) is 18.9 Å². The van der Waals surface area contributed by atoms with Crippen molar-refractivity contribution in [3.63, 3.8) is 0 Å². The first-order chi connectivity index (χ1) is 20.0. The highest BCUT2D eigenvalue weighted by atomic mass is 16.3. The quantitative estimate of drug-likeness (QED) is 0.0507. The molecule has 3 unspecified atom stereocenters. The molecule has 0 bridgehead atoms. The molecule has 4 N–H and O–H groups in total. The van der Waals surface area contributed by atoms with E-state index in [4.69, 9.17) is 0 Å². The Bertz CT molecular complexity index is 645. The van der Waals surface area contributed by atoms with Gasteiger partial charge in [0.2, 0.25) is 5.91 Å². The number of aliphatic hydroxyl groups is 3. The SMILES string of the molecule is CCCCCC/C=C\CC(O)CC(=O)NC(CO)C(O)/C=C/CC/C=C/CCCCCCCCCCCCCCC. The van der Waals surface area contributed by atoms with Gasteiger partial charge in [-0.05, 0) is 44.9 Å². The van der Waals surface area contributed by atoms with E-state index in [1.54, 1.807) is 6.08 Å². The second-order valence-electron chi connectivity index (χ2n) is 11.8. The van der Waals surface area contributed by atoms with Crippen molar-refractivity contribution in [3.8, 4) is 0 Å². The monoisotopic (exact) mass is 578 g/mol. The summed E-state index contributed by atoms with van der Waals surface area (Å²) in [6.07, 6.45) is 37.3. The molecular formula is C36H67NO4. The van der Waals surface area contributed by atoms with Gasteiger partial charge in [0.15, 0.2) is 0 Å². The van der Waals surface area contributed by atoms with Gasteiger partial charge in [-0.3, -0.25) is 4.79 Å². The first-order valence-corrected chi connectivity index (χ1v) is 17.3. The van der Waals surface area contributed by atoms with Crippen LogP contribution in [0.4, 0.5) is 0 Å². The molecule has 0 aromatic heterocycles. The fourth-order valence-electron chi connectivity index (χ4n) is 4.94. The van der Waals surface area contributed by atoms with Gasteiger partial charge in [-0.2, -0.15) is 0 Å². The molecule has 0 saturated carbocycles. The summed E-state index contributed by atoms with van der Waals surface area (Å²) in [6, 6.07) is -0.772. The van der Waals surface area contributed by atoms with Crippen molar-refractivity contribution in [2.24, 2.45) is 0 Å². The normalized spacial score (nSPS) is 14.4. The van der Waals surface area contributed by atoms with Gasteiger partial charge >= 0.3 is 0 Å². The first kappa shape index (κ1) is 39.6. The van der Waals surface area contributed by atoms with Crippen molar-refractivity contribution in [2.75, 3.05) is 6.61 Å². The zero-order valence-corrected chi connectivity index (χ0v) is 26.9. The third-order valence-corrected chi connectivity index (χ3v) is 7.65. The topological polar surface area (TPSA) is 89.8 Å². The van der Waals surface area contributed by atoms with Crippen molar-refractivity contribution < 1.29 is 20.1 Å². The molecule has 0 aliphatic carbocycles. The highest BCUT2D eigenvalue weighted by Crippen LogP contribution is 2.13. The van der Waals surface area contributed by atoms with Crippen molar-refractivity contribution in [1.82, 2.24) is 5.32 Å². The Balaban J connectivity index is 3.79. The number of allylic oxidation sites excluding steroid dienone is 4. The Morgan fingerprint density at radius 3 is 1.59 bits per heavy atom. The fourth-order valence-corrected chi connectivity index (χ4v) is 4.94. The van der Waals surface area contributed by atoms with Crippen LogP contribution in [-0.2, 0) is 4.79 Å². The van der Waals surface area contributed by atoms with Crippen LogP contribution in [0.2, 0.25) is 0 Å². The number of carbonyl (C=O) groups is 1. The molecule has 0 aliphatic heterocycles. The fraction of sp³-hybridized carbons (Fsp3) is 0.806. The number of hydrogen-bond donors (Lipinski definition) is 4. The number of unbranched alkanes of at least 4 members (excludes halogenated alkanes) is 18. The van der Waals surface area contributed by atoms with E-state index < -0.39 is 18.2 Å². The number of nitrogens with one attached hydrogen (secondary N) is 1. The maximum Gasteiger partial charge on any atom is 0.223 e. The molecule has 0 aromatic rings. The van der Waals surface area contributed by atoms with Crippen LogP contribution in [-0.4, -0.2) is 46.1 Å². The summed E-state index contributed by atoms with van der Waals surface area (Å²) >= 11 is 0. The first-order valence-electron chi connectivity index (χ1n) is 17.3. The molecule has 0 aromatic carbocycles. The third-order valence-electron chi connectivity index (χ3n) is 7.65. The molecule has 0 rings (SSSR count). The molecule has 0 fully saturated rings. The highest BCUT2D eigenvalue weighted by Gasteiger charge is 2.19. The average molecular weight is 578 g/mol. The third kappa shape index (κ3) is 28.5. The summed E-state index contributed by atoms with van der Waals surface area (Å²) in [7, 11) is 0. The van der Waals surface area contributed by atoms with Crippen LogP contribution in [0.5, 0.6) is 0 Å². The lowest BCUT2D eigenvalue weighted by Crippen LogP contribution is -2.45. The minimum Gasteiger partial charge on any atom is -0.394 e. The van der Waals surface area contributed by atoms with Crippen LogP contribution in [0.1, 0.15) is 162 Å². The van der Waals surface area contributed by atoms with E-state index in [2.05, 4.69) is 37.4 Å². The van der Waals surface area contributed by atoms with Gasteiger partial charge < -0.3 is 20.6 Å². The average Bonchev–Trinajstić information content (AvgIpc) is 2.96. The Kier molecular flexibility index (Phi) is 30.4. The molecular weight excluding hydrogens is 510 g/mol. The molecule has 41 heavy (non-hydrogen) atoms. The second kappa shape index (κ2) is 31.5. The van der Waals surface area contributed by atoms with E-state index in [0.717, 1.165) is 32.1 Å². The summed E-state index contributed by atoms with van der Waals surface area (Å²) < 4.78 is 0. The van der Waals surface area contributed by atoms with E-state index >= 15 is 0 Å². The summed E-state index contributed by atoms with van der Waals surface area (Å²) in [4.78, 5) is 12.2. The predicted octanol–water partition coefficient (Wildman–Crippen LogP) is 8.87. The smallest absolute Gasteiger partial charge is 0.223 e. The maximum absolute atomic E-state index is 12.2. The molecule has 1 amide bonds. The summed E-state index contributed by atoms with van der Waals surface area (Å²) in [6.45, 7) is 4.11. The lowest BCUT2D eigenvalue weighted by atomic mass is 10.0. The van der Waals surface area contributed by atoms with Crippen molar-refractivity contribution in [2.45, 2.75) is 180 Å². The van der Waals surface area contributed by atoms with Gasteiger partial charge in [-0.1, -0.05) is 147 Å². The number of carbonyl (C=O) groups excluding carboxylic acids is 1. The van der Waals surface area contributed by atoms with Crippen LogP contribution >= 0.6 is 0 Å². The van der Waals surface area contributed by atoms with Crippen molar-refractivity contribution >= 4 is 5.91 Å². The molecule has 0 aliphatic rings. The van der Waals surface area contributed by atoms with Gasteiger partial charge in [0, 0.05) is 0 Å². The zero-order chi connectivity index (χ0) is 30.2. The molecule has 0 radical (unpaired) electrons. The predicted molar refractivity (Wildman–Crippen MR) is 176 cm³/mol. The Labute approximate surface area is 254 Å². The van der Waals surface area contributed by atoms with Gasteiger partial charge in [-0.15, -0.1) is 0 Å². The van der Waals surface area contributed by atoms with E-state index in [0.29, 0.717) is 6.42 Å². The Hall–Kier alpha value is -1.43. The lowest BCUT2D eigenvalue weighted by Gasteiger charge is -2.20. The molecule has 0 saturated heterocycles. The molecule has 3 atom stereocenters. The van der Waals surface area contributed by atoms with Gasteiger partial charge in [0.05, 0.1) is 31.3 Å². The molecule has 5 nitrogen and oxygen atoms in total. The largest absolute Gasteiger partial charge is 0.394 e. The van der Waals surface area contributed by atoms with Crippen LogP contribution in [0, 0.1) is 0 Å². The van der Waals surface area contributed by atoms with Gasteiger partial charge in [0.1, 0.15) is 0 Å². The van der Waals surface area contributed by atoms with Crippen LogP contribution < -0.4 is 5.32 Å². The molecule has 240 valence electrons. The van der Waals surface area contributed by atoms with Gasteiger partial charge in [-0.25, -0.2) is 0 Å². The number of rotatable bonds is 30. The van der Waals surface area contributed by atoms with Crippen molar-refractivity contribution in [1.29, 1.82) is 0 Å². The summed E-state index contributed by atoms with van der Waals surface area (Å²) in [5.74, 6) is -0.364. The van der Waals surface area contributed by atoms with Crippen LogP contribution in [0.15, 0.2) is 36.5 Å². The Morgan fingerprint density at radius 1 is 0.610 bits per heavy atom. The van der Waals surface area contributed by atoms with Crippen molar-refractivity contribution in [3.05, 3.63) is 36.5 Å².